The monoisotopic (exact) mass is 424 g/mol. The van der Waals surface area contributed by atoms with E-state index in [9.17, 15) is 19.8 Å². The predicted molar refractivity (Wildman–Crippen MR) is 106 cm³/mol. The fraction of sp³-hybridized carbons (Fsp3) is 0.700. The molecule has 0 bridgehead atoms. The fourth-order valence-electron chi connectivity index (χ4n) is 4.70. The molecule has 29 heavy (non-hydrogen) atoms. The Morgan fingerprint density at radius 1 is 1.31 bits per heavy atom. The first kappa shape index (κ1) is 20.6. The number of hydrogen-bond acceptors (Lipinski definition) is 7. The van der Waals surface area contributed by atoms with Gasteiger partial charge in [-0.2, -0.15) is 0 Å². The van der Waals surface area contributed by atoms with Gasteiger partial charge in [-0.1, -0.05) is 11.3 Å². The third-order valence-electron chi connectivity index (χ3n) is 6.35. The quantitative estimate of drug-likeness (QED) is 0.734. The highest BCUT2D eigenvalue weighted by atomic mass is 32.1. The lowest BCUT2D eigenvalue weighted by Gasteiger charge is -2.43. The summed E-state index contributed by atoms with van der Waals surface area (Å²) < 4.78 is 11.1. The van der Waals surface area contributed by atoms with E-state index in [4.69, 9.17) is 9.47 Å². The molecule has 3 aliphatic heterocycles. The van der Waals surface area contributed by atoms with Crippen LogP contribution in [0, 0.1) is 11.8 Å². The number of hydrogen-bond donors (Lipinski definition) is 2. The molecule has 0 saturated carbocycles. The second kappa shape index (κ2) is 8.59. The zero-order valence-corrected chi connectivity index (χ0v) is 17.3. The van der Waals surface area contributed by atoms with Crippen LogP contribution in [0.2, 0.25) is 0 Å². The van der Waals surface area contributed by atoms with Gasteiger partial charge in [0, 0.05) is 32.2 Å². The van der Waals surface area contributed by atoms with Crippen molar-refractivity contribution in [2.45, 2.75) is 37.5 Å². The van der Waals surface area contributed by atoms with Gasteiger partial charge < -0.3 is 29.5 Å². The molecule has 9 heteroatoms. The standard InChI is InChI=1S/C20H28N2O6S/c1-27-18-3-2-17(29-18)20(26)22-10-12(8-16-14(22)5-7-28-16)19(25)21-6-4-15(24)13(9-21)11-23/h2-3,12-16,23-24H,4-11H2,1H3/t12?,13?,14-,15?,16-/m0/s1. The lowest BCUT2D eigenvalue weighted by molar-refractivity contribution is -0.143. The van der Waals surface area contributed by atoms with E-state index in [0.29, 0.717) is 49.0 Å². The lowest BCUT2D eigenvalue weighted by Crippen LogP contribution is -2.57. The summed E-state index contributed by atoms with van der Waals surface area (Å²) >= 11 is 1.30. The van der Waals surface area contributed by atoms with Crippen LogP contribution < -0.4 is 4.74 Å². The number of rotatable bonds is 4. The highest BCUT2D eigenvalue weighted by Gasteiger charge is 2.46. The molecule has 3 aliphatic rings. The van der Waals surface area contributed by atoms with Crippen molar-refractivity contribution in [2.75, 3.05) is 40.0 Å². The van der Waals surface area contributed by atoms with Crippen LogP contribution in [0.5, 0.6) is 5.06 Å². The number of piperidine rings is 2. The molecule has 1 aromatic heterocycles. The first-order chi connectivity index (χ1) is 14.0. The first-order valence-electron chi connectivity index (χ1n) is 10.2. The Kier molecular flexibility index (Phi) is 6.10. The number of thiophene rings is 1. The third kappa shape index (κ3) is 4.01. The van der Waals surface area contributed by atoms with Crippen molar-refractivity contribution in [2.24, 2.45) is 11.8 Å². The first-order valence-corrected chi connectivity index (χ1v) is 11.0. The topological polar surface area (TPSA) is 99.5 Å². The number of methoxy groups -OCH3 is 1. The van der Waals surface area contributed by atoms with Crippen molar-refractivity contribution in [3.8, 4) is 5.06 Å². The van der Waals surface area contributed by atoms with Gasteiger partial charge in [-0.3, -0.25) is 9.59 Å². The molecule has 3 saturated heterocycles. The number of likely N-dealkylation sites (tertiary alicyclic amines) is 2. The normalized spacial score (nSPS) is 32.2. The second-order valence-electron chi connectivity index (χ2n) is 8.06. The maximum atomic E-state index is 13.2. The number of fused-ring (bicyclic) bond motifs is 1. The van der Waals surface area contributed by atoms with Crippen LogP contribution in [-0.4, -0.2) is 90.0 Å². The summed E-state index contributed by atoms with van der Waals surface area (Å²) in [5.41, 5.74) is 0. The van der Waals surface area contributed by atoms with Crippen LogP contribution >= 0.6 is 11.3 Å². The SMILES string of the molecule is COc1ccc(C(=O)N2CC(C(=O)N3CCC(O)C(CO)C3)C[C@@H]3OCC[C@@H]32)s1. The van der Waals surface area contributed by atoms with Crippen LogP contribution in [-0.2, 0) is 9.53 Å². The molecule has 5 atom stereocenters. The summed E-state index contributed by atoms with van der Waals surface area (Å²) in [6, 6.07) is 3.54. The van der Waals surface area contributed by atoms with Crippen LogP contribution in [0.15, 0.2) is 12.1 Å². The van der Waals surface area contributed by atoms with Crippen LogP contribution in [0.4, 0.5) is 0 Å². The predicted octanol–water partition coefficient (Wildman–Crippen LogP) is 0.578. The Labute approximate surface area is 174 Å². The minimum atomic E-state index is -0.579. The van der Waals surface area contributed by atoms with E-state index in [-0.39, 0.29) is 42.4 Å². The summed E-state index contributed by atoms with van der Waals surface area (Å²) in [4.78, 5) is 30.5. The van der Waals surface area contributed by atoms with E-state index in [2.05, 4.69) is 0 Å². The van der Waals surface area contributed by atoms with Gasteiger partial charge in [-0.25, -0.2) is 0 Å². The molecule has 0 spiro atoms. The molecule has 0 radical (unpaired) electrons. The highest BCUT2D eigenvalue weighted by molar-refractivity contribution is 7.15. The van der Waals surface area contributed by atoms with Gasteiger partial charge in [-0.15, -0.1) is 0 Å². The van der Waals surface area contributed by atoms with Crippen molar-refractivity contribution < 1.29 is 29.3 Å². The van der Waals surface area contributed by atoms with Crippen molar-refractivity contribution >= 4 is 23.2 Å². The zero-order valence-electron chi connectivity index (χ0n) is 16.5. The molecular weight excluding hydrogens is 396 g/mol. The zero-order chi connectivity index (χ0) is 20.5. The third-order valence-corrected chi connectivity index (χ3v) is 7.39. The van der Waals surface area contributed by atoms with Gasteiger partial charge in [0.05, 0.1) is 42.8 Å². The minimum Gasteiger partial charge on any atom is -0.487 e. The maximum absolute atomic E-state index is 13.2. The molecular formula is C20H28N2O6S. The van der Waals surface area contributed by atoms with Gasteiger partial charge in [0.1, 0.15) is 0 Å². The second-order valence-corrected chi connectivity index (χ2v) is 9.11. The molecule has 2 amide bonds. The lowest BCUT2D eigenvalue weighted by atomic mass is 9.87. The molecule has 8 nitrogen and oxygen atoms in total. The van der Waals surface area contributed by atoms with Crippen LogP contribution in [0.3, 0.4) is 0 Å². The summed E-state index contributed by atoms with van der Waals surface area (Å²) in [5, 5.41) is 20.1. The van der Waals surface area contributed by atoms with Gasteiger partial charge in [0.15, 0.2) is 5.06 Å². The molecule has 4 heterocycles. The van der Waals surface area contributed by atoms with E-state index >= 15 is 0 Å². The maximum Gasteiger partial charge on any atom is 0.264 e. The Hall–Kier alpha value is -1.68. The van der Waals surface area contributed by atoms with E-state index in [1.807, 2.05) is 0 Å². The number of carbonyl (C=O) groups is 2. The molecule has 2 N–H and O–H groups in total. The molecule has 0 aliphatic carbocycles. The van der Waals surface area contributed by atoms with E-state index < -0.39 is 6.10 Å². The summed E-state index contributed by atoms with van der Waals surface area (Å²) in [6.07, 6.45) is 1.13. The number of aliphatic hydroxyl groups excluding tert-OH is 2. The summed E-state index contributed by atoms with van der Waals surface area (Å²) in [5.74, 6) is -0.762. The number of ether oxygens (including phenoxy) is 2. The minimum absolute atomic E-state index is 0.00647. The van der Waals surface area contributed by atoms with Gasteiger partial charge >= 0.3 is 0 Å². The van der Waals surface area contributed by atoms with Crippen molar-refractivity contribution in [1.82, 2.24) is 9.80 Å². The van der Waals surface area contributed by atoms with Gasteiger partial charge in [-0.05, 0) is 31.4 Å². The molecule has 3 unspecified atom stereocenters. The Morgan fingerprint density at radius 3 is 2.86 bits per heavy atom. The number of carbonyl (C=O) groups excluding carboxylic acids is 2. The largest absolute Gasteiger partial charge is 0.487 e. The van der Waals surface area contributed by atoms with E-state index in [1.165, 1.54) is 11.3 Å². The molecule has 3 fully saturated rings. The summed E-state index contributed by atoms with van der Waals surface area (Å²) in [7, 11) is 1.58. The molecule has 4 rings (SSSR count). The molecule has 160 valence electrons. The van der Waals surface area contributed by atoms with Crippen molar-refractivity contribution in [3.63, 3.8) is 0 Å². The fourth-order valence-corrected chi connectivity index (χ4v) is 5.48. The van der Waals surface area contributed by atoms with Crippen LogP contribution in [0.1, 0.15) is 28.9 Å². The summed E-state index contributed by atoms with van der Waals surface area (Å²) in [6.45, 7) is 1.63. The van der Waals surface area contributed by atoms with Crippen molar-refractivity contribution in [1.29, 1.82) is 0 Å². The Bertz CT molecular complexity index is 755. The number of aliphatic hydroxyl groups is 2. The number of amides is 2. The van der Waals surface area contributed by atoms with E-state index in [0.717, 1.165) is 6.42 Å². The number of nitrogens with zero attached hydrogens (tertiary/aromatic N) is 2. The highest BCUT2D eigenvalue weighted by Crippen LogP contribution is 2.35. The average Bonchev–Trinajstić information content (AvgIpc) is 3.41. The molecule has 0 aromatic carbocycles. The smallest absolute Gasteiger partial charge is 0.264 e. The van der Waals surface area contributed by atoms with Gasteiger partial charge in [0.25, 0.3) is 5.91 Å². The van der Waals surface area contributed by atoms with Gasteiger partial charge in [0.2, 0.25) is 5.91 Å². The van der Waals surface area contributed by atoms with Crippen LogP contribution in [0.25, 0.3) is 0 Å². The molecule has 1 aromatic rings. The van der Waals surface area contributed by atoms with Crippen molar-refractivity contribution in [3.05, 3.63) is 17.0 Å². The Morgan fingerprint density at radius 2 is 2.14 bits per heavy atom. The Balaban J connectivity index is 1.50. The average molecular weight is 425 g/mol. The van der Waals surface area contributed by atoms with E-state index in [1.54, 1.807) is 29.0 Å².